The summed E-state index contributed by atoms with van der Waals surface area (Å²) in [6.07, 6.45) is 1.52. The van der Waals surface area contributed by atoms with E-state index in [0.717, 1.165) is 0 Å². The van der Waals surface area contributed by atoms with E-state index in [-0.39, 0.29) is 28.9 Å². The highest BCUT2D eigenvalue weighted by Crippen LogP contribution is 2.28. The molecule has 0 saturated heterocycles. The summed E-state index contributed by atoms with van der Waals surface area (Å²) in [6.45, 7) is 1.40. The van der Waals surface area contributed by atoms with Crippen LogP contribution >= 0.6 is 0 Å². The monoisotopic (exact) mass is 446 g/mol. The van der Waals surface area contributed by atoms with Gasteiger partial charge in [0.2, 0.25) is 5.91 Å². The Morgan fingerprint density at radius 3 is 2.38 bits per heavy atom. The van der Waals surface area contributed by atoms with E-state index in [4.69, 9.17) is 0 Å². The summed E-state index contributed by atoms with van der Waals surface area (Å²) >= 11 is 0. The van der Waals surface area contributed by atoms with Crippen molar-refractivity contribution >= 4 is 38.1 Å². The van der Waals surface area contributed by atoms with Crippen molar-refractivity contribution in [3.05, 3.63) is 96.2 Å². The molecule has 0 aliphatic heterocycles. The molecule has 3 aromatic carbocycles. The topological polar surface area (TPSA) is 85.2 Å². The van der Waals surface area contributed by atoms with E-state index >= 15 is 0 Å². The molecular formula is C25H22N2O4S. The van der Waals surface area contributed by atoms with Gasteiger partial charge in [-0.2, -0.15) is 0 Å². The fraction of sp³-hybridized carbons (Fsp3) is 0.120. The van der Waals surface area contributed by atoms with Crippen LogP contribution in [0.4, 0.5) is 5.69 Å². The predicted octanol–water partition coefficient (Wildman–Crippen LogP) is 4.46. The molecule has 0 unspecified atom stereocenters. The molecule has 32 heavy (non-hydrogen) atoms. The molecule has 4 aromatic rings. The number of amides is 1. The van der Waals surface area contributed by atoms with Crippen molar-refractivity contribution in [2.24, 2.45) is 0 Å². The van der Waals surface area contributed by atoms with Crippen LogP contribution in [0.3, 0.4) is 0 Å². The average Bonchev–Trinajstić information content (AvgIpc) is 3.14. The Hall–Kier alpha value is -3.71. The van der Waals surface area contributed by atoms with Gasteiger partial charge in [0.25, 0.3) is 0 Å². The number of anilines is 1. The van der Waals surface area contributed by atoms with Crippen molar-refractivity contribution in [1.29, 1.82) is 0 Å². The van der Waals surface area contributed by atoms with Crippen molar-refractivity contribution in [3.8, 4) is 0 Å². The van der Waals surface area contributed by atoms with Gasteiger partial charge in [-0.1, -0.05) is 60.7 Å². The van der Waals surface area contributed by atoms with Gasteiger partial charge in [0.05, 0.1) is 10.6 Å². The number of carbonyl (C=O) groups is 2. The Morgan fingerprint density at radius 1 is 0.906 bits per heavy atom. The zero-order chi connectivity index (χ0) is 22.7. The minimum atomic E-state index is -3.62. The maximum absolute atomic E-state index is 13.2. The van der Waals surface area contributed by atoms with Crippen molar-refractivity contribution < 1.29 is 18.0 Å². The van der Waals surface area contributed by atoms with Crippen molar-refractivity contribution in [2.45, 2.75) is 24.1 Å². The molecule has 162 valence electrons. The molecule has 1 aromatic heterocycles. The Balaban J connectivity index is 1.62. The van der Waals surface area contributed by atoms with E-state index in [0.29, 0.717) is 27.7 Å². The Bertz CT molecular complexity index is 1410. The Kier molecular flexibility index (Phi) is 5.92. The zero-order valence-corrected chi connectivity index (χ0v) is 18.3. The van der Waals surface area contributed by atoms with E-state index in [9.17, 15) is 18.0 Å². The number of aromatic nitrogens is 1. The number of carbonyl (C=O) groups excluding carboxylic acids is 2. The lowest BCUT2D eigenvalue weighted by Crippen LogP contribution is -2.18. The highest BCUT2D eigenvalue weighted by atomic mass is 32.2. The van der Waals surface area contributed by atoms with Gasteiger partial charge in [-0.05, 0) is 30.7 Å². The van der Waals surface area contributed by atoms with Crippen molar-refractivity contribution in [2.75, 3.05) is 5.32 Å². The fourth-order valence-corrected chi connectivity index (χ4v) is 5.22. The van der Waals surface area contributed by atoms with Crippen molar-refractivity contribution in [1.82, 2.24) is 4.57 Å². The molecule has 0 saturated carbocycles. The summed E-state index contributed by atoms with van der Waals surface area (Å²) in [5.41, 5.74) is 2.37. The molecule has 0 atom stereocenters. The van der Waals surface area contributed by atoms with Crippen LogP contribution in [0.15, 0.2) is 90.0 Å². The molecule has 0 fully saturated rings. The highest BCUT2D eigenvalue weighted by Gasteiger charge is 2.22. The molecule has 1 amide bonds. The van der Waals surface area contributed by atoms with Crippen LogP contribution in [0.25, 0.3) is 10.9 Å². The second kappa shape index (κ2) is 8.80. The van der Waals surface area contributed by atoms with Gasteiger partial charge in [0, 0.05) is 28.4 Å². The first-order valence-corrected chi connectivity index (χ1v) is 11.7. The molecule has 4 rings (SSSR count). The molecule has 0 bridgehead atoms. The standard InChI is InChI=1S/C25H22N2O4S/c1-18(28)20-10-7-11-21(14-20)26-25(29)16-27-15-24(22-12-5-6-13-23(22)27)32(30,31)17-19-8-3-2-4-9-19/h2-15H,16-17H2,1H3,(H,26,29). The first-order chi connectivity index (χ1) is 15.3. The lowest BCUT2D eigenvalue weighted by atomic mass is 10.1. The number of ketones is 1. The van der Waals surface area contributed by atoms with Gasteiger partial charge < -0.3 is 9.88 Å². The summed E-state index contributed by atoms with van der Waals surface area (Å²) in [5.74, 6) is -0.532. The number of nitrogens with zero attached hydrogens (tertiary/aromatic N) is 1. The molecule has 0 radical (unpaired) electrons. The molecule has 0 spiro atoms. The third-order valence-electron chi connectivity index (χ3n) is 5.15. The summed E-state index contributed by atoms with van der Waals surface area (Å²) in [7, 11) is -3.62. The van der Waals surface area contributed by atoms with Crippen molar-refractivity contribution in [3.63, 3.8) is 0 Å². The number of sulfone groups is 1. The smallest absolute Gasteiger partial charge is 0.244 e. The first kappa shape index (κ1) is 21.5. The molecule has 7 heteroatoms. The van der Waals surface area contributed by atoms with Crippen LogP contribution in [-0.4, -0.2) is 24.7 Å². The minimum absolute atomic E-state index is 0.0638. The fourth-order valence-electron chi connectivity index (χ4n) is 3.63. The third-order valence-corrected chi connectivity index (χ3v) is 6.86. The van der Waals surface area contributed by atoms with Crippen LogP contribution < -0.4 is 5.32 Å². The average molecular weight is 447 g/mol. The molecule has 1 N–H and O–H groups in total. The number of rotatable bonds is 7. The number of hydrogen-bond acceptors (Lipinski definition) is 4. The van der Waals surface area contributed by atoms with Crippen LogP contribution in [0, 0.1) is 0 Å². The SMILES string of the molecule is CC(=O)c1cccc(NC(=O)Cn2cc(S(=O)(=O)Cc3ccccc3)c3ccccc32)c1. The van der Waals surface area contributed by atoms with Gasteiger partial charge in [0.1, 0.15) is 6.54 Å². The lowest BCUT2D eigenvalue weighted by Gasteiger charge is -2.08. The molecule has 0 aliphatic rings. The first-order valence-electron chi connectivity index (χ1n) is 10.1. The second-order valence-corrected chi connectivity index (χ2v) is 9.53. The normalized spacial score (nSPS) is 11.4. The number of benzene rings is 3. The maximum atomic E-state index is 13.2. The molecule has 6 nitrogen and oxygen atoms in total. The van der Waals surface area contributed by atoms with E-state index < -0.39 is 9.84 Å². The summed E-state index contributed by atoms with van der Waals surface area (Å²) in [4.78, 5) is 24.5. The maximum Gasteiger partial charge on any atom is 0.244 e. The number of nitrogens with one attached hydrogen (secondary N) is 1. The predicted molar refractivity (Wildman–Crippen MR) is 124 cm³/mol. The molecule has 0 aliphatic carbocycles. The van der Waals surface area contributed by atoms with Gasteiger partial charge in [-0.15, -0.1) is 0 Å². The van der Waals surface area contributed by atoms with Crippen LogP contribution in [0.5, 0.6) is 0 Å². The molecule has 1 heterocycles. The Morgan fingerprint density at radius 2 is 1.62 bits per heavy atom. The quantitative estimate of drug-likeness (QED) is 0.425. The van der Waals surface area contributed by atoms with Gasteiger partial charge in [-0.3, -0.25) is 9.59 Å². The number of Topliss-reactive ketones (excluding diaryl/α,β-unsaturated/α-hetero) is 1. The van der Waals surface area contributed by atoms with E-state index in [2.05, 4.69) is 5.32 Å². The second-order valence-electron chi connectivity index (χ2n) is 7.57. The summed E-state index contributed by atoms with van der Waals surface area (Å²) in [6, 6.07) is 22.8. The van der Waals surface area contributed by atoms with Gasteiger partial charge >= 0.3 is 0 Å². The van der Waals surface area contributed by atoms with Crippen LogP contribution in [-0.2, 0) is 26.9 Å². The number of fused-ring (bicyclic) bond motifs is 1. The largest absolute Gasteiger partial charge is 0.337 e. The number of hydrogen-bond donors (Lipinski definition) is 1. The van der Waals surface area contributed by atoms with Crippen LogP contribution in [0.2, 0.25) is 0 Å². The molecular weight excluding hydrogens is 424 g/mol. The third kappa shape index (κ3) is 4.63. The van der Waals surface area contributed by atoms with Gasteiger partial charge in [-0.25, -0.2) is 8.42 Å². The summed E-state index contributed by atoms with van der Waals surface area (Å²) < 4.78 is 28.0. The van der Waals surface area contributed by atoms with E-state index in [1.807, 2.05) is 6.07 Å². The minimum Gasteiger partial charge on any atom is -0.337 e. The number of para-hydroxylation sites is 1. The van der Waals surface area contributed by atoms with Crippen LogP contribution in [0.1, 0.15) is 22.8 Å². The van der Waals surface area contributed by atoms with E-state index in [1.54, 1.807) is 77.4 Å². The van der Waals surface area contributed by atoms with E-state index in [1.165, 1.54) is 13.1 Å². The zero-order valence-electron chi connectivity index (χ0n) is 17.5. The summed E-state index contributed by atoms with van der Waals surface area (Å²) in [5, 5.41) is 3.36. The Labute approximate surface area is 186 Å². The highest BCUT2D eigenvalue weighted by molar-refractivity contribution is 7.90. The van der Waals surface area contributed by atoms with Gasteiger partial charge in [0.15, 0.2) is 15.6 Å². The lowest BCUT2D eigenvalue weighted by molar-refractivity contribution is -0.116.